The molecule has 0 aromatic heterocycles. The van der Waals surface area contributed by atoms with E-state index in [0.717, 1.165) is 5.75 Å². The number of ether oxygens (including phenoxy) is 1. The van der Waals surface area contributed by atoms with Crippen LogP contribution in [0.4, 0.5) is 0 Å². The maximum atomic E-state index is 12.2. The fraction of sp³-hybridized carbons (Fsp3) is 0.556. The molecule has 0 unspecified atom stereocenters. The van der Waals surface area contributed by atoms with Crippen molar-refractivity contribution in [2.75, 3.05) is 32.8 Å². The van der Waals surface area contributed by atoms with Gasteiger partial charge in [-0.25, -0.2) is 0 Å². The van der Waals surface area contributed by atoms with E-state index < -0.39 is 0 Å². The Labute approximate surface area is 142 Å². The summed E-state index contributed by atoms with van der Waals surface area (Å²) >= 11 is 0. The number of aliphatic hydroxyl groups is 1. The molecule has 2 rings (SSSR count). The molecule has 0 spiro atoms. The van der Waals surface area contributed by atoms with Crippen LogP contribution in [-0.4, -0.2) is 54.7 Å². The van der Waals surface area contributed by atoms with Gasteiger partial charge < -0.3 is 20.1 Å². The Morgan fingerprint density at radius 2 is 1.92 bits per heavy atom. The Morgan fingerprint density at radius 1 is 1.21 bits per heavy atom. The second-order valence-corrected chi connectivity index (χ2v) is 5.93. The van der Waals surface area contributed by atoms with E-state index in [-0.39, 0.29) is 24.3 Å². The van der Waals surface area contributed by atoms with Crippen molar-refractivity contribution in [3.63, 3.8) is 0 Å². The Morgan fingerprint density at radius 3 is 2.58 bits per heavy atom. The van der Waals surface area contributed by atoms with Gasteiger partial charge in [0, 0.05) is 32.2 Å². The van der Waals surface area contributed by atoms with Crippen molar-refractivity contribution in [1.29, 1.82) is 0 Å². The number of nitrogens with zero attached hydrogens (tertiary/aromatic N) is 1. The molecule has 1 aliphatic rings. The van der Waals surface area contributed by atoms with Crippen molar-refractivity contribution in [3.8, 4) is 5.75 Å². The molecule has 1 saturated heterocycles. The van der Waals surface area contributed by atoms with Gasteiger partial charge in [0.05, 0.1) is 13.0 Å². The molecule has 0 aliphatic carbocycles. The fourth-order valence-electron chi connectivity index (χ4n) is 2.76. The third-order valence-corrected chi connectivity index (χ3v) is 4.18. The van der Waals surface area contributed by atoms with Gasteiger partial charge in [-0.05, 0) is 31.4 Å². The molecule has 1 aromatic rings. The maximum absolute atomic E-state index is 12.2. The van der Waals surface area contributed by atoms with Crippen molar-refractivity contribution >= 4 is 11.8 Å². The van der Waals surface area contributed by atoms with E-state index in [1.165, 1.54) is 0 Å². The molecule has 1 aromatic carbocycles. The summed E-state index contributed by atoms with van der Waals surface area (Å²) in [4.78, 5) is 26.0. The number of likely N-dealkylation sites (tertiary alicyclic amines) is 1. The lowest BCUT2D eigenvalue weighted by Gasteiger charge is -2.31. The highest BCUT2D eigenvalue weighted by Crippen LogP contribution is 2.18. The number of hydrogen-bond donors (Lipinski definition) is 2. The van der Waals surface area contributed by atoms with E-state index in [9.17, 15) is 9.59 Å². The molecule has 0 atom stereocenters. The first-order valence-corrected chi connectivity index (χ1v) is 8.55. The van der Waals surface area contributed by atoms with Crippen LogP contribution in [0.5, 0.6) is 5.75 Å². The smallest absolute Gasteiger partial charge is 0.225 e. The van der Waals surface area contributed by atoms with Gasteiger partial charge >= 0.3 is 0 Å². The number of hydrogen-bond acceptors (Lipinski definition) is 4. The summed E-state index contributed by atoms with van der Waals surface area (Å²) in [5.41, 5.74) is 0. The van der Waals surface area contributed by atoms with Crippen molar-refractivity contribution in [2.24, 2.45) is 5.92 Å². The van der Waals surface area contributed by atoms with Gasteiger partial charge in [0.1, 0.15) is 5.75 Å². The predicted molar refractivity (Wildman–Crippen MR) is 90.6 cm³/mol. The molecule has 1 heterocycles. The summed E-state index contributed by atoms with van der Waals surface area (Å²) in [6.07, 6.45) is 2.30. The molecular formula is C18H26N2O4. The third-order valence-electron chi connectivity index (χ3n) is 4.18. The molecule has 6 nitrogen and oxygen atoms in total. The minimum atomic E-state index is -0.0340. The molecule has 2 N–H and O–H groups in total. The SMILES string of the molecule is O=C(NCCCO)C1CCN(C(=O)CCOc2ccccc2)CC1. The van der Waals surface area contributed by atoms with E-state index in [0.29, 0.717) is 51.9 Å². The Kier molecular flexibility index (Phi) is 7.55. The minimum absolute atomic E-state index is 0.0305. The van der Waals surface area contributed by atoms with Crippen LogP contribution < -0.4 is 10.1 Å². The molecule has 24 heavy (non-hydrogen) atoms. The second-order valence-electron chi connectivity index (χ2n) is 5.93. The first-order chi connectivity index (χ1) is 11.7. The Hall–Kier alpha value is -2.08. The molecule has 2 amide bonds. The zero-order valence-corrected chi connectivity index (χ0v) is 13.9. The molecule has 1 fully saturated rings. The topological polar surface area (TPSA) is 78.9 Å². The number of carbonyl (C=O) groups excluding carboxylic acids is 2. The number of nitrogens with one attached hydrogen (secondary N) is 1. The number of aliphatic hydroxyl groups excluding tert-OH is 1. The highest BCUT2D eigenvalue weighted by atomic mass is 16.5. The first kappa shape index (κ1) is 18.3. The van der Waals surface area contributed by atoms with Crippen LogP contribution in [0, 0.1) is 5.92 Å². The number of benzene rings is 1. The van der Waals surface area contributed by atoms with Gasteiger partial charge in [-0.15, -0.1) is 0 Å². The lowest BCUT2D eigenvalue weighted by atomic mass is 9.95. The van der Waals surface area contributed by atoms with Gasteiger partial charge in [-0.3, -0.25) is 9.59 Å². The predicted octanol–water partition coefficient (Wildman–Crippen LogP) is 1.19. The van der Waals surface area contributed by atoms with Gasteiger partial charge in [0.2, 0.25) is 11.8 Å². The van der Waals surface area contributed by atoms with Crippen LogP contribution in [0.3, 0.4) is 0 Å². The highest BCUT2D eigenvalue weighted by Gasteiger charge is 2.26. The number of carbonyl (C=O) groups is 2. The molecule has 0 saturated carbocycles. The number of para-hydroxylation sites is 1. The lowest BCUT2D eigenvalue weighted by Crippen LogP contribution is -2.43. The fourth-order valence-corrected chi connectivity index (χ4v) is 2.76. The second kappa shape index (κ2) is 9.93. The Bertz CT molecular complexity index is 513. The van der Waals surface area contributed by atoms with Crippen molar-refractivity contribution in [2.45, 2.75) is 25.7 Å². The van der Waals surface area contributed by atoms with Crippen molar-refractivity contribution < 1.29 is 19.4 Å². The maximum Gasteiger partial charge on any atom is 0.225 e. The van der Waals surface area contributed by atoms with E-state index in [1.54, 1.807) is 0 Å². The molecule has 0 radical (unpaired) electrons. The van der Waals surface area contributed by atoms with Crippen LogP contribution in [0.15, 0.2) is 30.3 Å². The highest BCUT2D eigenvalue weighted by molar-refractivity contribution is 5.80. The minimum Gasteiger partial charge on any atom is -0.493 e. The average molecular weight is 334 g/mol. The quantitative estimate of drug-likeness (QED) is 0.700. The van der Waals surface area contributed by atoms with Gasteiger partial charge in [-0.1, -0.05) is 18.2 Å². The zero-order chi connectivity index (χ0) is 17.2. The van der Waals surface area contributed by atoms with E-state index >= 15 is 0 Å². The summed E-state index contributed by atoms with van der Waals surface area (Å²) in [6.45, 7) is 2.18. The van der Waals surface area contributed by atoms with Crippen LogP contribution in [0.2, 0.25) is 0 Å². The van der Waals surface area contributed by atoms with Crippen LogP contribution >= 0.6 is 0 Å². The van der Waals surface area contributed by atoms with Gasteiger partial charge in [0.15, 0.2) is 0 Å². The normalized spacial score (nSPS) is 15.1. The number of rotatable bonds is 8. The molecule has 1 aliphatic heterocycles. The largest absolute Gasteiger partial charge is 0.493 e. The molecular weight excluding hydrogens is 308 g/mol. The summed E-state index contributed by atoms with van der Waals surface area (Å²) in [5.74, 6) is 0.838. The first-order valence-electron chi connectivity index (χ1n) is 8.55. The molecule has 6 heteroatoms. The van der Waals surface area contributed by atoms with E-state index in [4.69, 9.17) is 9.84 Å². The van der Waals surface area contributed by atoms with Crippen molar-refractivity contribution in [1.82, 2.24) is 10.2 Å². The lowest BCUT2D eigenvalue weighted by molar-refractivity contribution is -0.136. The third kappa shape index (κ3) is 5.85. The molecule has 132 valence electrons. The number of amides is 2. The summed E-state index contributed by atoms with van der Waals surface area (Å²) < 4.78 is 5.55. The molecule has 0 bridgehead atoms. The summed E-state index contributed by atoms with van der Waals surface area (Å²) in [7, 11) is 0. The van der Waals surface area contributed by atoms with E-state index in [2.05, 4.69) is 5.32 Å². The summed E-state index contributed by atoms with van der Waals surface area (Å²) in [6, 6.07) is 9.44. The average Bonchev–Trinajstić information content (AvgIpc) is 2.63. The van der Waals surface area contributed by atoms with Crippen LogP contribution in [0.25, 0.3) is 0 Å². The van der Waals surface area contributed by atoms with Gasteiger partial charge in [0.25, 0.3) is 0 Å². The monoisotopic (exact) mass is 334 g/mol. The van der Waals surface area contributed by atoms with Crippen LogP contribution in [0.1, 0.15) is 25.7 Å². The standard InChI is InChI=1S/C18H26N2O4/c21-13-4-10-19-18(23)15-7-11-20(12-8-15)17(22)9-14-24-16-5-2-1-3-6-16/h1-3,5-6,15,21H,4,7-14H2,(H,19,23). The zero-order valence-electron chi connectivity index (χ0n) is 13.9. The van der Waals surface area contributed by atoms with Gasteiger partial charge in [-0.2, -0.15) is 0 Å². The summed E-state index contributed by atoms with van der Waals surface area (Å²) in [5, 5.41) is 11.6. The number of piperidine rings is 1. The van der Waals surface area contributed by atoms with Crippen LogP contribution in [-0.2, 0) is 9.59 Å². The van der Waals surface area contributed by atoms with E-state index in [1.807, 2.05) is 35.2 Å². The Balaban J connectivity index is 1.64. The van der Waals surface area contributed by atoms with Crippen molar-refractivity contribution in [3.05, 3.63) is 30.3 Å².